The van der Waals surface area contributed by atoms with Gasteiger partial charge < -0.3 is 14.7 Å². The van der Waals surface area contributed by atoms with Gasteiger partial charge >= 0.3 is 5.97 Å². The van der Waals surface area contributed by atoms with Crippen molar-refractivity contribution < 1.29 is 19.4 Å². The van der Waals surface area contributed by atoms with E-state index in [9.17, 15) is 14.7 Å². The molecule has 1 aliphatic heterocycles. The first-order valence-electron chi connectivity index (χ1n) is 7.33. The molecule has 1 fully saturated rings. The zero-order valence-electron chi connectivity index (χ0n) is 12.4. The van der Waals surface area contributed by atoms with E-state index >= 15 is 0 Å². The molecule has 1 aliphatic rings. The Morgan fingerprint density at radius 2 is 2.19 bits per heavy atom. The molecule has 1 aromatic carbocycles. The lowest BCUT2D eigenvalue weighted by molar-refractivity contribution is -0.142. The lowest BCUT2D eigenvalue weighted by atomic mass is 9.93. The minimum absolute atomic E-state index is 0.0634. The van der Waals surface area contributed by atoms with E-state index < -0.39 is 17.9 Å². The van der Waals surface area contributed by atoms with Gasteiger partial charge in [0.15, 0.2) is 0 Å². The highest BCUT2D eigenvalue weighted by Crippen LogP contribution is 2.39. The Hall–Kier alpha value is -2.04. The van der Waals surface area contributed by atoms with Crippen molar-refractivity contribution in [2.24, 2.45) is 5.92 Å². The SMILES string of the molecule is CCCOc1cccc(C2C(C(=O)O)CC(=O)N2CC)c1. The summed E-state index contributed by atoms with van der Waals surface area (Å²) >= 11 is 0. The van der Waals surface area contributed by atoms with Crippen LogP contribution in [0.3, 0.4) is 0 Å². The summed E-state index contributed by atoms with van der Waals surface area (Å²) in [6, 6.07) is 6.99. The van der Waals surface area contributed by atoms with Crippen LogP contribution < -0.4 is 4.74 Å². The second-order valence-corrected chi connectivity index (χ2v) is 5.19. The van der Waals surface area contributed by atoms with Gasteiger partial charge in [-0.15, -0.1) is 0 Å². The molecule has 0 bridgehead atoms. The van der Waals surface area contributed by atoms with Crippen LogP contribution in [0.25, 0.3) is 0 Å². The fraction of sp³-hybridized carbons (Fsp3) is 0.500. The zero-order chi connectivity index (χ0) is 15.4. The molecule has 114 valence electrons. The molecule has 5 nitrogen and oxygen atoms in total. The van der Waals surface area contributed by atoms with Crippen LogP contribution in [0.1, 0.15) is 38.3 Å². The molecule has 0 aromatic heterocycles. The van der Waals surface area contributed by atoms with Crippen LogP contribution in [-0.4, -0.2) is 35.0 Å². The molecular formula is C16H21NO4. The van der Waals surface area contributed by atoms with Gasteiger partial charge in [-0.2, -0.15) is 0 Å². The average Bonchev–Trinajstić information content (AvgIpc) is 2.82. The molecule has 0 radical (unpaired) electrons. The Bertz CT molecular complexity index is 529. The summed E-state index contributed by atoms with van der Waals surface area (Å²) in [4.78, 5) is 25.1. The van der Waals surface area contributed by atoms with E-state index in [1.807, 2.05) is 38.1 Å². The largest absolute Gasteiger partial charge is 0.494 e. The number of carbonyl (C=O) groups is 2. The van der Waals surface area contributed by atoms with Crippen LogP contribution >= 0.6 is 0 Å². The number of ether oxygens (including phenoxy) is 1. The number of likely N-dealkylation sites (tertiary alicyclic amines) is 1. The summed E-state index contributed by atoms with van der Waals surface area (Å²) in [6.07, 6.45) is 0.971. The highest BCUT2D eigenvalue weighted by molar-refractivity contribution is 5.87. The minimum Gasteiger partial charge on any atom is -0.494 e. The van der Waals surface area contributed by atoms with Gasteiger partial charge in [0.2, 0.25) is 5.91 Å². The van der Waals surface area contributed by atoms with Gasteiger partial charge in [0, 0.05) is 13.0 Å². The lowest BCUT2D eigenvalue weighted by Crippen LogP contribution is -2.30. The maximum Gasteiger partial charge on any atom is 0.309 e. The number of benzene rings is 1. The molecular weight excluding hydrogens is 270 g/mol. The molecule has 5 heteroatoms. The maximum atomic E-state index is 12.0. The molecule has 1 saturated heterocycles. The summed E-state index contributed by atoms with van der Waals surface area (Å²) in [5, 5.41) is 9.38. The standard InChI is InChI=1S/C16H21NO4/c1-3-8-21-12-7-5-6-11(9-12)15-13(16(19)20)10-14(18)17(15)4-2/h5-7,9,13,15H,3-4,8,10H2,1-2H3,(H,19,20). The fourth-order valence-electron chi connectivity index (χ4n) is 2.81. The number of hydrogen-bond acceptors (Lipinski definition) is 3. The van der Waals surface area contributed by atoms with Crippen molar-refractivity contribution in [3.8, 4) is 5.75 Å². The zero-order valence-corrected chi connectivity index (χ0v) is 12.4. The van der Waals surface area contributed by atoms with Gasteiger partial charge in [0.25, 0.3) is 0 Å². The first-order chi connectivity index (χ1) is 10.1. The number of nitrogens with zero attached hydrogens (tertiary/aromatic N) is 1. The Morgan fingerprint density at radius 3 is 2.81 bits per heavy atom. The van der Waals surface area contributed by atoms with E-state index in [2.05, 4.69) is 0 Å². The third kappa shape index (κ3) is 3.17. The molecule has 0 saturated carbocycles. The van der Waals surface area contributed by atoms with Gasteiger partial charge in [-0.3, -0.25) is 9.59 Å². The number of hydrogen-bond donors (Lipinski definition) is 1. The van der Waals surface area contributed by atoms with E-state index in [1.54, 1.807) is 4.90 Å². The molecule has 2 unspecified atom stereocenters. The van der Waals surface area contributed by atoms with Gasteiger partial charge in [-0.25, -0.2) is 0 Å². The van der Waals surface area contributed by atoms with Crippen molar-refractivity contribution in [3.05, 3.63) is 29.8 Å². The fourth-order valence-corrected chi connectivity index (χ4v) is 2.81. The first-order valence-corrected chi connectivity index (χ1v) is 7.33. The van der Waals surface area contributed by atoms with Gasteiger partial charge in [-0.05, 0) is 31.0 Å². The van der Waals surface area contributed by atoms with E-state index in [-0.39, 0.29) is 12.3 Å². The molecule has 21 heavy (non-hydrogen) atoms. The van der Waals surface area contributed by atoms with Crippen molar-refractivity contribution in [2.45, 2.75) is 32.7 Å². The van der Waals surface area contributed by atoms with Crippen molar-refractivity contribution in [1.29, 1.82) is 0 Å². The predicted molar refractivity (Wildman–Crippen MR) is 78.1 cm³/mol. The van der Waals surface area contributed by atoms with Crippen LogP contribution in [0, 0.1) is 5.92 Å². The Morgan fingerprint density at radius 1 is 1.43 bits per heavy atom. The third-order valence-electron chi connectivity index (χ3n) is 3.76. The molecule has 0 spiro atoms. The Kier molecular flexibility index (Phi) is 4.83. The molecule has 1 N–H and O–H groups in total. The van der Waals surface area contributed by atoms with Crippen molar-refractivity contribution in [2.75, 3.05) is 13.2 Å². The molecule has 1 heterocycles. The summed E-state index contributed by atoms with van der Waals surface area (Å²) < 4.78 is 5.60. The van der Waals surface area contributed by atoms with E-state index in [0.29, 0.717) is 18.9 Å². The highest BCUT2D eigenvalue weighted by Gasteiger charge is 2.43. The smallest absolute Gasteiger partial charge is 0.309 e. The van der Waals surface area contributed by atoms with Crippen LogP contribution in [0.5, 0.6) is 5.75 Å². The third-order valence-corrected chi connectivity index (χ3v) is 3.76. The number of rotatable bonds is 6. The normalized spacial score (nSPS) is 21.6. The molecule has 1 amide bonds. The first kappa shape index (κ1) is 15.4. The molecule has 0 aliphatic carbocycles. The number of carboxylic acid groups (broad SMARTS) is 1. The summed E-state index contributed by atoms with van der Waals surface area (Å²) in [5.41, 5.74) is 0.823. The molecule has 1 aromatic rings. The van der Waals surface area contributed by atoms with Crippen molar-refractivity contribution in [3.63, 3.8) is 0 Å². The predicted octanol–water partition coefficient (Wildman–Crippen LogP) is 2.47. The topological polar surface area (TPSA) is 66.8 Å². The second kappa shape index (κ2) is 6.61. The lowest BCUT2D eigenvalue weighted by Gasteiger charge is -2.26. The van der Waals surface area contributed by atoms with Crippen molar-refractivity contribution in [1.82, 2.24) is 4.90 Å². The van der Waals surface area contributed by atoms with E-state index in [1.165, 1.54) is 0 Å². The van der Waals surface area contributed by atoms with Crippen LogP contribution in [0.2, 0.25) is 0 Å². The van der Waals surface area contributed by atoms with Gasteiger partial charge in [0.1, 0.15) is 5.75 Å². The summed E-state index contributed by atoms with van der Waals surface area (Å²) in [7, 11) is 0. The quantitative estimate of drug-likeness (QED) is 0.874. The maximum absolute atomic E-state index is 12.0. The number of amides is 1. The number of carboxylic acids is 1. The summed E-state index contributed by atoms with van der Waals surface area (Å²) in [6.45, 7) is 5.02. The second-order valence-electron chi connectivity index (χ2n) is 5.19. The minimum atomic E-state index is -0.927. The monoisotopic (exact) mass is 291 g/mol. The van der Waals surface area contributed by atoms with E-state index in [4.69, 9.17) is 4.74 Å². The molecule has 2 rings (SSSR count). The van der Waals surface area contributed by atoms with Crippen LogP contribution in [-0.2, 0) is 9.59 Å². The van der Waals surface area contributed by atoms with Gasteiger partial charge in [-0.1, -0.05) is 19.1 Å². The van der Waals surface area contributed by atoms with E-state index in [0.717, 1.165) is 12.0 Å². The van der Waals surface area contributed by atoms with Crippen LogP contribution in [0.15, 0.2) is 24.3 Å². The number of aliphatic carboxylic acids is 1. The van der Waals surface area contributed by atoms with Crippen LogP contribution in [0.4, 0.5) is 0 Å². The highest BCUT2D eigenvalue weighted by atomic mass is 16.5. The van der Waals surface area contributed by atoms with Crippen molar-refractivity contribution >= 4 is 11.9 Å². The Labute approximate surface area is 124 Å². The number of carbonyl (C=O) groups excluding carboxylic acids is 1. The summed E-state index contributed by atoms with van der Waals surface area (Å²) in [5.74, 6) is -1.01. The molecule has 2 atom stereocenters. The average molecular weight is 291 g/mol. The Balaban J connectivity index is 2.32. The van der Waals surface area contributed by atoms with Gasteiger partial charge in [0.05, 0.1) is 18.6 Å².